The molecule has 0 aliphatic heterocycles. The first kappa shape index (κ1) is 12.6. The maximum absolute atomic E-state index is 9.67. The van der Waals surface area contributed by atoms with E-state index >= 15 is 0 Å². The summed E-state index contributed by atoms with van der Waals surface area (Å²) in [6.07, 6.45) is 2.18. The highest BCUT2D eigenvalue weighted by atomic mass is 16.5. The molecule has 0 saturated heterocycles. The van der Waals surface area contributed by atoms with E-state index in [0.717, 1.165) is 19.1 Å². The van der Waals surface area contributed by atoms with Gasteiger partial charge in [0, 0.05) is 19.7 Å². The Kier molecular flexibility index (Phi) is 4.98. The summed E-state index contributed by atoms with van der Waals surface area (Å²) in [6, 6.07) is 10.2. The summed E-state index contributed by atoms with van der Waals surface area (Å²) in [5, 5.41) is 12.9. The highest BCUT2D eigenvalue weighted by Gasteiger charge is 2.21. The van der Waals surface area contributed by atoms with Crippen LogP contribution in [-0.2, 0) is 11.3 Å². The maximum atomic E-state index is 9.67. The summed E-state index contributed by atoms with van der Waals surface area (Å²) in [6.45, 7) is 2.63. The molecule has 2 N–H and O–H groups in total. The first-order valence-electron chi connectivity index (χ1n) is 6.35. The Morgan fingerprint density at radius 2 is 2.06 bits per heavy atom. The summed E-state index contributed by atoms with van der Waals surface area (Å²) >= 11 is 0. The Bertz CT molecular complexity index is 311. The molecule has 1 aliphatic carbocycles. The monoisotopic (exact) mass is 235 g/mol. The van der Waals surface area contributed by atoms with Gasteiger partial charge in [0.15, 0.2) is 0 Å². The van der Waals surface area contributed by atoms with Gasteiger partial charge in [0.25, 0.3) is 0 Å². The molecule has 0 heterocycles. The molecule has 0 aromatic heterocycles. The Labute approximate surface area is 103 Å². The predicted octanol–water partition coefficient (Wildman–Crippen LogP) is 1.56. The van der Waals surface area contributed by atoms with Gasteiger partial charge in [0.1, 0.15) is 0 Å². The molecule has 1 unspecified atom stereocenters. The lowest BCUT2D eigenvalue weighted by atomic mass is 10.2. The van der Waals surface area contributed by atoms with Crippen molar-refractivity contribution in [3.63, 3.8) is 0 Å². The molecule has 0 bridgehead atoms. The second kappa shape index (κ2) is 6.74. The lowest BCUT2D eigenvalue weighted by Crippen LogP contribution is -2.30. The van der Waals surface area contributed by atoms with Gasteiger partial charge in [-0.15, -0.1) is 0 Å². The third-order valence-electron chi connectivity index (χ3n) is 2.91. The number of aliphatic hydroxyl groups excluding tert-OH is 1. The first-order valence-corrected chi connectivity index (χ1v) is 6.35. The highest BCUT2D eigenvalue weighted by Crippen LogP contribution is 2.28. The zero-order valence-electron chi connectivity index (χ0n) is 10.1. The first-order chi connectivity index (χ1) is 8.34. The van der Waals surface area contributed by atoms with Crippen LogP contribution < -0.4 is 5.32 Å². The van der Waals surface area contributed by atoms with E-state index in [9.17, 15) is 5.11 Å². The Morgan fingerprint density at radius 3 is 2.76 bits per heavy atom. The van der Waals surface area contributed by atoms with Crippen LogP contribution in [0.1, 0.15) is 18.4 Å². The molecule has 3 heteroatoms. The van der Waals surface area contributed by atoms with Crippen LogP contribution in [0.2, 0.25) is 0 Å². The number of ether oxygens (including phenoxy) is 1. The second-order valence-corrected chi connectivity index (χ2v) is 4.75. The summed E-state index contributed by atoms with van der Waals surface area (Å²) in [5.41, 5.74) is 1.23. The van der Waals surface area contributed by atoms with E-state index in [2.05, 4.69) is 17.4 Å². The zero-order chi connectivity index (χ0) is 11.9. The van der Waals surface area contributed by atoms with Crippen molar-refractivity contribution in [1.29, 1.82) is 0 Å². The number of benzene rings is 1. The van der Waals surface area contributed by atoms with Crippen LogP contribution in [-0.4, -0.2) is 31.0 Å². The molecule has 0 amide bonds. The summed E-state index contributed by atoms with van der Waals surface area (Å²) < 4.78 is 5.43. The number of aliphatic hydroxyl groups is 1. The molecule has 3 nitrogen and oxygen atoms in total. The highest BCUT2D eigenvalue weighted by molar-refractivity contribution is 5.14. The van der Waals surface area contributed by atoms with Crippen LogP contribution in [0.5, 0.6) is 0 Å². The van der Waals surface area contributed by atoms with E-state index in [1.165, 1.54) is 18.4 Å². The lowest BCUT2D eigenvalue weighted by Gasteiger charge is -2.12. The van der Waals surface area contributed by atoms with Crippen molar-refractivity contribution in [3.8, 4) is 0 Å². The minimum absolute atomic E-state index is 0.405. The molecular formula is C14H21NO2. The Balaban J connectivity index is 1.51. The molecule has 1 saturated carbocycles. The lowest BCUT2D eigenvalue weighted by molar-refractivity contribution is 0.0324. The molecule has 2 rings (SSSR count). The van der Waals surface area contributed by atoms with Gasteiger partial charge < -0.3 is 15.2 Å². The van der Waals surface area contributed by atoms with Gasteiger partial charge in [0.05, 0.1) is 12.7 Å². The van der Waals surface area contributed by atoms with Crippen molar-refractivity contribution in [3.05, 3.63) is 35.9 Å². The normalized spacial score (nSPS) is 17.0. The molecule has 1 aliphatic rings. The van der Waals surface area contributed by atoms with Crippen molar-refractivity contribution in [2.24, 2.45) is 5.92 Å². The average molecular weight is 235 g/mol. The largest absolute Gasteiger partial charge is 0.389 e. The van der Waals surface area contributed by atoms with Crippen molar-refractivity contribution in [1.82, 2.24) is 5.32 Å². The number of nitrogens with one attached hydrogen (secondary N) is 1. The molecule has 1 atom stereocenters. The number of hydrogen-bond donors (Lipinski definition) is 2. The smallest absolute Gasteiger partial charge is 0.0897 e. The third kappa shape index (κ3) is 5.31. The van der Waals surface area contributed by atoms with Gasteiger partial charge >= 0.3 is 0 Å². The molecule has 17 heavy (non-hydrogen) atoms. The van der Waals surface area contributed by atoms with Gasteiger partial charge in [0.2, 0.25) is 0 Å². The predicted molar refractivity (Wildman–Crippen MR) is 67.7 cm³/mol. The number of hydrogen-bond acceptors (Lipinski definition) is 3. The van der Waals surface area contributed by atoms with E-state index in [4.69, 9.17) is 4.74 Å². The van der Waals surface area contributed by atoms with E-state index in [1.807, 2.05) is 18.2 Å². The van der Waals surface area contributed by atoms with Crippen LogP contribution in [0.3, 0.4) is 0 Å². The van der Waals surface area contributed by atoms with Gasteiger partial charge in [-0.25, -0.2) is 0 Å². The molecule has 1 fully saturated rings. The van der Waals surface area contributed by atoms with Crippen molar-refractivity contribution in [2.75, 3.05) is 19.8 Å². The molecule has 0 radical (unpaired) electrons. The second-order valence-electron chi connectivity index (χ2n) is 4.75. The molecule has 94 valence electrons. The fourth-order valence-electron chi connectivity index (χ4n) is 1.69. The zero-order valence-corrected chi connectivity index (χ0v) is 10.1. The summed E-state index contributed by atoms with van der Waals surface area (Å²) in [7, 11) is 0. The Hall–Kier alpha value is -0.900. The number of rotatable bonds is 8. The van der Waals surface area contributed by atoms with Crippen LogP contribution >= 0.6 is 0 Å². The van der Waals surface area contributed by atoms with E-state index < -0.39 is 6.10 Å². The molecule has 1 aromatic carbocycles. The van der Waals surface area contributed by atoms with Crippen LogP contribution in [0.25, 0.3) is 0 Å². The van der Waals surface area contributed by atoms with Crippen LogP contribution in [0.4, 0.5) is 0 Å². The van der Waals surface area contributed by atoms with E-state index in [0.29, 0.717) is 13.2 Å². The van der Waals surface area contributed by atoms with Gasteiger partial charge in [-0.1, -0.05) is 30.3 Å². The van der Waals surface area contributed by atoms with Crippen LogP contribution in [0, 0.1) is 5.92 Å². The molecular weight excluding hydrogens is 214 g/mol. The van der Waals surface area contributed by atoms with Crippen molar-refractivity contribution >= 4 is 0 Å². The SMILES string of the molecule is OC(CNCc1ccccc1)COCC1CC1. The fraction of sp³-hybridized carbons (Fsp3) is 0.571. The van der Waals surface area contributed by atoms with E-state index in [1.54, 1.807) is 0 Å². The minimum Gasteiger partial charge on any atom is -0.389 e. The van der Waals surface area contributed by atoms with E-state index in [-0.39, 0.29) is 0 Å². The minimum atomic E-state index is -0.405. The molecule has 1 aromatic rings. The third-order valence-corrected chi connectivity index (χ3v) is 2.91. The van der Waals surface area contributed by atoms with Gasteiger partial charge in [-0.3, -0.25) is 0 Å². The average Bonchev–Trinajstić information content (AvgIpc) is 3.14. The van der Waals surface area contributed by atoms with Crippen LogP contribution in [0.15, 0.2) is 30.3 Å². The quantitative estimate of drug-likeness (QED) is 0.718. The van der Waals surface area contributed by atoms with Crippen molar-refractivity contribution < 1.29 is 9.84 Å². The maximum Gasteiger partial charge on any atom is 0.0897 e. The standard InChI is InChI=1S/C14H21NO2/c16-14(11-17-10-13-6-7-13)9-15-8-12-4-2-1-3-5-12/h1-5,13-16H,6-11H2. The summed E-state index contributed by atoms with van der Waals surface area (Å²) in [4.78, 5) is 0. The van der Waals surface area contributed by atoms with Gasteiger partial charge in [-0.2, -0.15) is 0 Å². The Morgan fingerprint density at radius 1 is 1.29 bits per heavy atom. The topological polar surface area (TPSA) is 41.5 Å². The fourth-order valence-corrected chi connectivity index (χ4v) is 1.69. The van der Waals surface area contributed by atoms with Gasteiger partial charge in [-0.05, 0) is 24.3 Å². The molecule has 0 spiro atoms. The summed E-state index contributed by atoms with van der Waals surface area (Å²) in [5.74, 6) is 0.763. The van der Waals surface area contributed by atoms with Crippen molar-refractivity contribution in [2.45, 2.75) is 25.5 Å².